The molecule has 0 aliphatic carbocycles. The van der Waals surface area contributed by atoms with E-state index in [-0.39, 0.29) is 24.0 Å². The van der Waals surface area contributed by atoms with Crippen LogP contribution in [0.2, 0.25) is 0 Å². The minimum Gasteiger partial charge on any atom is -0.370 e. The third-order valence-corrected chi connectivity index (χ3v) is 5.06. The Morgan fingerprint density at radius 3 is 2.55 bits per heavy atom. The fourth-order valence-corrected chi connectivity index (χ4v) is 3.09. The minimum absolute atomic E-state index is 0. The van der Waals surface area contributed by atoms with Gasteiger partial charge in [0.05, 0.1) is 6.54 Å². The molecule has 0 aliphatic heterocycles. The van der Waals surface area contributed by atoms with Crippen LogP contribution in [-0.4, -0.2) is 15.5 Å². The van der Waals surface area contributed by atoms with Crippen molar-refractivity contribution in [3.05, 3.63) is 83.4 Å². The molecule has 0 fully saturated rings. The van der Waals surface area contributed by atoms with Gasteiger partial charge in [0.15, 0.2) is 5.96 Å². The first-order chi connectivity index (χ1) is 13.5. The average molecular weight is 503 g/mol. The summed E-state index contributed by atoms with van der Waals surface area (Å²) in [6.45, 7) is 7.80. The number of nitrogens with zero attached hydrogens (tertiary/aromatic N) is 3. The number of guanidine groups is 1. The van der Waals surface area contributed by atoms with Crippen molar-refractivity contribution in [3.63, 3.8) is 0 Å². The van der Waals surface area contributed by atoms with Crippen molar-refractivity contribution in [2.45, 2.75) is 46.2 Å². The van der Waals surface area contributed by atoms with Crippen LogP contribution in [0.3, 0.4) is 0 Å². The quantitative estimate of drug-likeness (QED) is 0.261. The molecule has 1 unspecified atom stereocenters. The van der Waals surface area contributed by atoms with E-state index in [1.807, 2.05) is 19.3 Å². The van der Waals surface area contributed by atoms with Gasteiger partial charge in [-0.2, -0.15) is 0 Å². The first-order valence-electron chi connectivity index (χ1n) is 9.77. The van der Waals surface area contributed by atoms with Gasteiger partial charge in [-0.05, 0) is 48.1 Å². The third-order valence-electron chi connectivity index (χ3n) is 5.06. The van der Waals surface area contributed by atoms with Crippen molar-refractivity contribution in [1.82, 2.24) is 9.55 Å². The summed E-state index contributed by atoms with van der Waals surface area (Å²) in [5.41, 5.74) is 10.7. The molecule has 0 bridgehead atoms. The van der Waals surface area contributed by atoms with Gasteiger partial charge in [-0.25, -0.2) is 9.98 Å². The van der Waals surface area contributed by atoms with Crippen molar-refractivity contribution >= 4 is 35.6 Å². The molecule has 29 heavy (non-hydrogen) atoms. The van der Waals surface area contributed by atoms with Gasteiger partial charge in [-0.3, -0.25) is 0 Å². The summed E-state index contributed by atoms with van der Waals surface area (Å²) >= 11 is 0. The van der Waals surface area contributed by atoms with E-state index in [2.05, 4.69) is 82.2 Å². The van der Waals surface area contributed by atoms with E-state index in [9.17, 15) is 0 Å². The van der Waals surface area contributed by atoms with Crippen LogP contribution in [0.15, 0.2) is 65.9 Å². The molecule has 1 aromatic heterocycles. The molecule has 3 aromatic rings. The molecule has 2 aromatic carbocycles. The zero-order valence-electron chi connectivity index (χ0n) is 17.3. The summed E-state index contributed by atoms with van der Waals surface area (Å²) in [6.07, 6.45) is 4.95. The topological polar surface area (TPSA) is 68.2 Å². The SMILES string of the molecule is CCC(C)c1ccc(NC(N)=NCc2cccc(Cn3ccnc3C)c2)cc1.I. The predicted octanol–water partition coefficient (Wildman–Crippen LogP) is 5.30. The maximum atomic E-state index is 6.07. The summed E-state index contributed by atoms with van der Waals surface area (Å²) in [5.74, 6) is 2.00. The van der Waals surface area contributed by atoms with Crippen molar-refractivity contribution in [1.29, 1.82) is 0 Å². The number of aryl methyl sites for hydroxylation is 1. The van der Waals surface area contributed by atoms with E-state index in [1.165, 1.54) is 11.1 Å². The highest BCUT2D eigenvalue weighted by Crippen LogP contribution is 2.20. The number of imidazole rings is 1. The Kier molecular flexibility index (Phi) is 8.70. The second kappa shape index (κ2) is 11.0. The number of aliphatic imine (C=N–C) groups is 1. The van der Waals surface area contributed by atoms with E-state index >= 15 is 0 Å². The number of hydrogen-bond donors (Lipinski definition) is 2. The fourth-order valence-electron chi connectivity index (χ4n) is 3.09. The van der Waals surface area contributed by atoms with Gasteiger partial charge in [-0.1, -0.05) is 50.2 Å². The molecule has 154 valence electrons. The molecule has 0 aliphatic rings. The first kappa shape index (κ1) is 22.9. The zero-order valence-corrected chi connectivity index (χ0v) is 19.6. The molecule has 5 nitrogen and oxygen atoms in total. The van der Waals surface area contributed by atoms with E-state index in [1.54, 1.807) is 0 Å². The molecule has 6 heteroatoms. The van der Waals surface area contributed by atoms with Crippen LogP contribution < -0.4 is 11.1 Å². The zero-order chi connectivity index (χ0) is 19.9. The van der Waals surface area contributed by atoms with E-state index in [4.69, 9.17) is 5.73 Å². The van der Waals surface area contributed by atoms with E-state index < -0.39 is 0 Å². The molecule has 0 spiro atoms. The first-order valence-corrected chi connectivity index (χ1v) is 9.77. The maximum absolute atomic E-state index is 6.07. The van der Waals surface area contributed by atoms with Crippen molar-refractivity contribution < 1.29 is 0 Å². The second-order valence-electron chi connectivity index (χ2n) is 7.18. The highest BCUT2D eigenvalue weighted by Gasteiger charge is 2.03. The van der Waals surface area contributed by atoms with Gasteiger partial charge in [0.1, 0.15) is 5.82 Å². The number of aromatic nitrogens is 2. The lowest BCUT2D eigenvalue weighted by Gasteiger charge is -2.11. The second-order valence-corrected chi connectivity index (χ2v) is 7.18. The lowest BCUT2D eigenvalue weighted by molar-refractivity contribution is 0.734. The predicted molar refractivity (Wildman–Crippen MR) is 132 cm³/mol. The summed E-state index contributed by atoms with van der Waals surface area (Å²) in [6, 6.07) is 16.8. The normalized spacial score (nSPS) is 12.3. The molecule has 0 saturated heterocycles. The number of hydrogen-bond acceptors (Lipinski definition) is 2. The van der Waals surface area contributed by atoms with Crippen LogP contribution in [0.1, 0.15) is 48.7 Å². The lowest BCUT2D eigenvalue weighted by Crippen LogP contribution is -2.22. The van der Waals surface area contributed by atoms with Gasteiger partial charge < -0.3 is 15.6 Å². The van der Waals surface area contributed by atoms with Crippen molar-refractivity contribution in [2.75, 3.05) is 5.32 Å². The molecule has 0 amide bonds. The van der Waals surface area contributed by atoms with Crippen LogP contribution in [0.5, 0.6) is 0 Å². The van der Waals surface area contributed by atoms with Crippen molar-refractivity contribution in [2.24, 2.45) is 10.7 Å². The Bertz CT molecular complexity index is 930. The number of anilines is 1. The van der Waals surface area contributed by atoms with Gasteiger partial charge in [-0.15, -0.1) is 24.0 Å². The molecule has 3 N–H and O–H groups in total. The largest absolute Gasteiger partial charge is 0.370 e. The number of nitrogens with one attached hydrogen (secondary N) is 1. The molecule has 1 atom stereocenters. The van der Waals surface area contributed by atoms with Crippen LogP contribution in [0.25, 0.3) is 0 Å². The Morgan fingerprint density at radius 1 is 1.17 bits per heavy atom. The fraction of sp³-hybridized carbons (Fsp3) is 0.304. The maximum Gasteiger partial charge on any atom is 0.193 e. The Labute approximate surface area is 190 Å². The van der Waals surface area contributed by atoms with E-state index in [0.717, 1.165) is 30.0 Å². The molecule has 1 heterocycles. The Morgan fingerprint density at radius 2 is 1.90 bits per heavy atom. The smallest absolute Gasteiger partial charge is 0.193 e. The highest BCUT2D eigenvalue weighted by atomic mass is 127. The summed E-state index contributed by atoms with van der Waals surface area (Å²) in [4.78, 5) is 8.75. The summed E-state index contributed by atoms with van der Waals surface area (Å²) < 4.78 is 2.13. The molecular formula is C23H30IN5. The van der Waals surface area contributed by atoms with Gasteiger partial charge in [0.25, 0.3) is 0 Å². The van der Waals surface area contributed by atoms with Gasteiger partial charge >= 0.3 is 0 Å². The molecule has 3 rings (SSSR count). The van der Waals surface area contributed by atoms with Crippen LogP contribution >= 0.6 is 24.0 Å². The number of halogens is 1. The number of nitrogens with two attached hydrogens (primary N) is 1. The van der Waals surface area contributed by atoms with Gasteiger partial charge in [0, 0.05) is 24.6 Å². The number of rotatable bonds is 7. The molecule has 0 radical (unpaired) electrons. The minimum atomic E-state index is 0. The van der Waals surface area contributed by atoms with E-state index in [0.29, 0.717) is 18.4 Å². The Hall–Kier alpha value is -2.35. The standard InChI is InChI=1S/C23H29N5.HI/c1-4-17(2)21-8-10-22(11-9-21)27-23(24)26-15-19-6-5-7-20(14-19)16-28-13-12-25-18(28)3;/h5-14,17H,4,15-16H2,1-3H3,(H3,24,26,27);1H. The van der Waals surface area contributed by atoms with Gasteiger partial charge in [0.2, 0.25) is 0 Å². The number of benzene rings is 2. The highest BCUT2D eigenvalue weighted by molar-refractivity contribution is 14.0. The van der Waals surface area contributed by atoms with Crippen LogP contribution in [0.4, 0.5) is 5.69 Å². The molecular weight excluding hydrogens is 473 g/mol. The third kappa shape index (κ3) is 6.59. The van der Waals surface area contributed by atoms with Crippen LogP contribution in [0, 0.1) is 6.92 Å². The monoisotopic (exact) mass is 503 g/mol. The summed E-state index contributed by atoms with van der Waals surface area (Å²) in [7, 11) is 0. The summed E-state index contributed by atoms with van der Waals surface area (Å²) in [5, 5.41) is 3.17. The van der Waals surface area contributed by atoms with Crippen LogP contribution in [-0.2, 0) is 13.1 Å². The lowest BCUT2D eigenvalue weighted by atomic mass is 9.99. The molecule has 0 saturated carbocycles. The van der Waals surface area contributed by atoms with Crippen molar-refractivity contribution in [3.8, 4) is 0 Å². The Balaban J connectivity index is 0.00000300. The average Bonchev–Trinajstić information content (AvgIpc) is 3.11.